The molecule has 0 aliphatic carbocycles. The summed E-state index contributed by atoms with van der Waals surface area (Å²) in [6.07, 6.45) is 0.867. The molecule has 0 radical (unpaired) electrons. The summed E-state index contributed by atoms with van der Waals surface area (Å²) in [6, 6.07) is 5.18. The van der Waals surface area contributed by atoms with Gasteiger partial charge in [-0.15, -0.1) is 11.3 Å². The quantitative estimate of drug-likeness (QED) is 0.675. The molecule has 0 bridgehead atoms. The van der Waals surface area contributed by atoms with Gasteiger partial charge in [0.15, 0.2) is 17.2 Å². The number of benzene rings is 1. The first-order valence-electron chi connectivity index (χ1n) is 8.69. The summed E-state index contributed by atoms with van der Waals surface area (Å²) in [7, 11) is 1.32. The fraction of sp³-hybridized carbons (Fsp3) is 0.421. The molecule has 0 unspecified atom stereocenters. The van der Waals surface area contributed by atoms with Gasteiger partial charge in [0.05, 0.1) is 13.7 Å². The number of fused-ring (bicyclic) bond motifs is 1. The Hall–Kier alpha value is -2.61. The largest absolute Gasteiger partial charge is 0.464 e. The third-order valence-electron chi connectivity index (χ3n) is 4.16. The minimum absolute atomic E-state index is 0.108. The van der Waals surface area contributed by atoms with Crippen molar-refractivity contribution in [2.75, 3.05) is 20.4 Å². The number of ether oxygens (including phenoxy) is 3. The summed E-state index contributed by atoms with van der Waals surface area (Å²) in [5.41, 5.74) is 0.796. The van der Waals surface area contributed by atoms with Gasteiger partial charge in [0.2, 0.25) is 6.79 Å². The minimum atomic E-state index is -0.478. The normalized spacial score (nSPS) is 12.3. The molecule has 8 heteroatoms. The number of hydrogen-bond acceptors (Lipinski definition) is 7. The van der Waals surface area contributed by atoms with E-state index < -0.39 is 5.97 Å². The predicted octanol–water partition coefficient (Wildman–Crippen LogP) is 3.35. The van der Waals surface area contributed by atoms with E-state index in [0.29, 0.717) is 41.1 Å². The van der Waals surface area contributed by atoms with E-state index in [1.165, 1.54) is 18.4 Å². The van der Waals surface area contributed by atoms with Crippen LogP contribution in [-0.4, -0.2) is 42.2 Å². The first-order chi connectivity index (χ1) is 13.0. The number of aromatic nitrogens is 1. The average molecular weight is 390 g/mol. The lowest BCUT2D eigenvalue weighted by Crippen LogP contribution is -2.32. The molecule has 0 saturated carbocycles. The van der Waals surface area contributed by atoms with Gasteiger partial charge in [0, 0.05) is 17.5 Å². The van der Waals surface area contributed by atoms with Gasteiger partial charge in [0.25, 0.3) is 5.91 Å². The van der Waals surface area contributed by atoms with Gasteiger partial charge < -0.3 is 19.1 Å². The second-order valence-corrected chi connectivity index (χ2v) is 7.54. The topological polar surface area (TPSA) is 78.0 Å². The van der Waals surface area contributed by atoms with Crippen molar-refractivity contribution in [2.24, 2.45) is 5.92 Å². The fourth-order valence-corrected chi connectivity index (χ4v) is 3.40. The van der Waals surface area contributed by atoms with Crippen LogP contribution in [-0.2, 0) is 11.3 Å². The second kappa shape index (κ2) is 8.39. The van der Waals surface area contributed by atoms with Crippen molar-refractivity contribution in [1.29, 1.82) is 0 Å². The van der Waals surface area contributed by atoms with E-state index in [0.717, 1.165) is 6.42 Å². The Morgan fingerprint density at radius 1 is 1.30 bits per heavy atom. The number of carbonyl (C=O) groups excluding carboxylic acids is 2. The number of carbonyl (C=O) groups is 2. The van der Waals surface area contributed by atoms with E-state index in [1.54, 1.807) is 28.5 Å². The van der Waals surface area contributed by atoms with Crippen molar-refractivity contribution >= 4 is 23.2 Å². The van der Waals surface area contributed by atoms with Crippen LogP contribution in [0.25, 0.3) is 0 Å². The van der Waals surface area contributed by atoms with Gasteiger partial charge in [-0.1, -0.05) is 13.8 Å². The molecule has 1 amide bonds. The monoisotopic (exact) mass is 390 g/mol. The highest BCUT2D eigenvalue weighted by atomic mass is 32.1. The molecule has 0 fully saturated rings. The molecule has 0 saturated heterocycles. The zero-order valence-corrected chi connectivity index (χ0v) is 16.4. The van der Waals surface area contributed by atoms with Crippen LogP contribution < -0.4 is 9.47 Å². The standard InChI is InChI=1S/C19H22N2O5S/c1-12(2)6-7-21(9-17-20-14(10-27-17)19(23)24-3)18(22)13-4-5-15-16(8-13)26-11-25-15/h4-5,8,10,12H,6-7,9,11H2,1-3H3. The maximum atomic E-state index is 13.1. The number of rotatable bonds is 7. The summed E-state index contributed by atoms with van der Waals surface area (Å²) in [4.78, 5) is 30.7. The highest BCUT2D eigenvalue weighted by Crippen LogP contribution is 2.33. The third-order valence-corrected chi connectivity index (χ3v) is 4.99. The highest BCUT2D eigenvalue weighted by Gasteiger charge is 2.22. The highest BCUT2D eigenvalue weighted by molar-refractivity contribution is 7.09. The van der Waals surface area contributed by atoms with Gasteiger partial charge in [-0.2, -0.15) is 0 Å². The molecular formula is C19H22N2O5S. The SMILES string of the molecule is COC(=O)c1csc(CN(CCC(C)C)C(=O)c2ccc3c(c2)OCO3)n1. The summed E-state index contributed by atoms with van der Waals surface area (Å²) in [6.45, 7) is 5.32. The Labute approximate surface area is 161 Å². The maximum Gasteiger partial charge on any atom is 0.357 e. The van der Waals surface area contributed by atoms with Crippen LogP contribution in [0.15, 0.2) is 23.6 Å². The lowest BCUT2D eigenvalue weighted by Gasteiger charge is -2.23. The Balaban J connectivity index is 1.78. The Kier molecular flexibility index (Phi) is 5.95. The molecule has 1 aromatic carbocycles. The molecule has 0 N–H and O–H groups in total. The number of hydrogen-bond donors (Lipinski definition) is 0. The smallest absolute Gasteiger partial charge is 0.357 e. The number of thiazole rings is 1. The van der Waals surface area contributed by atoms with Crippen molar-refractivity contribution in [2.45, 2.75) is 26.8 Å². The van der Waals surface area contributed by atoms with Gasteiger partial charge in [-0.25, -0.2) is 9.78 Å². The fourth-order valence-electron chi connectivity index (χ4n) is 2.62. The van der Waals surface area contributed by atoms with Crippen molar-refractivity contribution in [3.8, 4) is 11.5 Å². The van der Waals surface area contributed by atoms with E-state index in [2.05, 4.69) is 18.8 Å². The van der Waals surface area contributed by atoms with Crippen molar-refractivity contribution in [1.82, 2.24) is 9.88 Å². The lowest BCUT2D eigenvalue weighted by atomic mass is 10.1. The molecule has 2 aromatic rings. The van der Waals surface area contributed by atoms with Crippen LogP contribution in [0.3, 0.4) is 0 Å². The van der Waals surface area contributed by atoms with Crippen LogP contribution >= 0.6 is 11.3 Å². The van der Waals surface area contributed by atoms with Crippen LogP contribution in [0.4, 0.5) is 0 Å². The van der Waals surface area contributed by atoms with Crippen LogP contribution in [0.2, 0.25) is 0 Å². The minimum Gasteiger partial charge on any atom is -0.464 e. The molecular weight excluding hydrogens is 368 g/mol. The van der Waals surface area contributed by atoms with E-state index in [9.17, 15) is 9.59 Å². The van der Waals surface area contributed by atoms with Gasteiger partial charge in [-0.05, 0) is 30.5 Å². The van der Waals surface area contributed by atoms with Crippen molar-refractivity contribution < 1.29 is 23.8 Å². The van der Waals surface area contributed by atoms with Crippen LogP contribution in [0.5, 0.6) is 11.5 Å². The summed E-state index contributed by atoms with van der Waals surface area (Å²) < 4.78 is 15.4. The number of nitrogens with zero attached hydrogens (tertiary/aromatic N) is 2. The van der Waals surface area contributed by atoms with Gasteiger partial charge in [0.1, 0.15) is 5.01 Å². The third kappa shape index (κ3) is 4.57. The van der Waals surface area contributed by atoms with Crippen molar-refractivity contribution in [3.63, 3.8) is 0 Å². The molecule has 2 heterocycles. The molecule has 0 atom stereocenters. The first-order valence-corrected chi connectivity index (χ1v) is 9.57. The molecule has 1 aliphatic heterocycles. The number of methoxy groups -OCH3 is 1. The van der Waals surface area contributed by atoms with Gasteiger partial charge >= 0.3 is 5.97 Å². The predicted molar refractivity (Wildman–Crippen MR) is 100 cm³/mol. The van der Waals surface area contributed by atoms with Crippen LogP contribution in [0.1, 0.15) is 46.1 Å². The zero-order valence-electron chi connectivity index (χ0n) is 15.6. The van der Waals surface area contributed by atoms with E-state index in [1.807, 2.05) is 0 Å². The molecule has 7 nitrogen and oxygen atoms in total. The summed E-state index contributed by atoms with van der Waals surface area (Å²) in [5, 5.41) is 2.33. The van der Waals surface area contributed by atoms with E-state index in [4.69, 9.17) is 14.2 Å². The van der Waals surface area contributed by atoms with Crippen molar-refractivity contribution in [3.05, 3.63) is 39.8 Å². The lowest BCUT2D eigenvalue weighted by molar-refractivity contribution is 0.0594. The molecule has 0 spiro atoms. The number of amides is 1. The molecule has 3 rings (SSSR count). The average Bonchev–Trinajstić information content (AvgIpc) is 3.32. The molecule has 144 valence electrons. The van der Waals surface area contributed by atoms with E-state index in [-0.39, 0.29) is 18.4 Å². The Morgan fingerprint density at radius 3 is 2.81 bits per heavy atom. The van der Waals surface area contributed by atoms with Gasteiger partial charge in [-0.3, -0.25) is 4.79 Å². The molecule has 27 heavy (non-hydrogen) atoms. The molecule has 1 aliphatic rings. The summed E-state index contributed by atoms with van der Waals surface area (Å²) >= 11 is 1.34. The van der Waals surface area contributed by atoms with Crippen LogP contribution in [0, 0.1) is 5.92 Å². The maximum absolute atomic E-state index is 13.1. The second-order valence-electron chi connectivity index (χ2n) is 6.60. The summed E-state index contributed by atoms with van der Waals surface area (Å²) in [5.74, 6) is 1.09. The Morgan fingerprint density at radius 2 is 2.07 bits per heavy atom. The first kappa shape index (κ1) is 19.2. The number of esters is 1. The molecule has 1 aromatic heterocycles. The zero-order chi connectivity index (χ0) is 19.4. The van der Waals surface area contributed by atoms with E-state index >= 15 is 0 Å². The Bertz CT molecular complexity index is 833.